The zero-order valence-corrected chi connectivity index (χ0v) is 71.8. The highest BCUT2D eigenvalue weighted by molar-refractivity contribution is 6.17. The number of nitrogens with two attached hydrogens (primary N) is 4. The lowest BCUT2D eigenvalue weighted by Crippen LogP contribution is -2.49. The number of nitrogens with zero attached hydrogens (tertiary/aromatic N) is 17. The van der Waals surface area contributed by atoms with E-state index in [9.17, 15) is 41.1 Å². The first-order valence-electron chi connectivity index (χ1n) is 43.7. The molecule has 0 unspecified atom stereocenters. The van der Waals surface area contributed by atoms with Crippen molar-refractivity contribution in [1.29, 1.82) is 0 Å². The molecule has 4 spiro atoms. The van der Waals surface area contributed by atoms with E-state index >= 15 is 0 Å². The van der Waals surface area contributed by atoms with Crippen LogP contribution in [0.1, 0.15) is 198 Å². The first kappa shape index (κ1) is 84.7. The summed E-state index contributed by atoms with van der Waals surface area (Å²) in [5.74, 6) is 2.49. The number of fused-ring (bicyclic) bond motifs is 4. The molecule has 8 fully saturated rings. The summed E-state index contributed by atoms with van der Waals surface area (Å²) in [6, 6.07) is 17.5. The van der Waals surface area contributed by atoms with Crippen LogP contribution in [0, 0.1) is 74.4 Å². The number of methoxy groups -OCH3 is 1. The summed E-state index contributed by atoms with van der Waals surface area (Å²) in [5, 5.41) is 0. The van der Waals surface area contributed by atoms with Crippen LogP contribution in [0.3, 0.4) is 0 Å². The average Bonchev–Trinajstić information content (AvgIpc) is 1.68. The van der Waals surface area contributed by atoms with Crippen molar-refractivity contribution in [3.63, 3.8) is 0 Å². The number of benzene rings is 3. The summed E-state index contributed by atoms with van der Waals surface area (Å²) in [5.41, 5.74) is 33.3. The van der Waals surface area contributed by atoms with Crippen LogP contribution in [0.5, 0.6) is 5.88 Å². The lowest BCUT2D eigenvalue weighted by molar-refractivity contribution is 0.185. The van der Waals surface area contributed by atoms with Crippen molar-refractivity contribution in [3.05, 3.63) is 217 Å². The van der Waals surface area contributed by atoms with Gasteiger partial charge in [0.05, 0.1) is 101 Å². The third-order valence-electron chi connectivity index (χ3n) is 30.4. The fourth-order valence-corrected chi connectivity index (χ4v) is 22.4. The second-order valence-corrected chi connectivity index (χ2v) is 37.0. The van der Waals surface area contributed by atoms with Gasteiger partial charge in [0.15, 0.2) is 0 Å². The molecular formula is C92H112F5N21O5. The van der Waals surface area contributed by atoms with Crippen LogP contribution in [-0.2, 0) is 54.4 Å². The fourth-order valence-electron chi connectivity index (χ4n) is 22.4. The number of aromatic nitrogens is 9. The third-order valence-corrected chi connectivity index (χ3v) is 30.4. The molecule has 8 N–H and O–H groups in total. The zero-order valence-electron chi connectivity index (χ0n) is 71.8. The second kappa shape index (κ2) is 33.2. The third kappa shape index (κ3) is 15.1. The highest BCUT2D eigenvalue weighted by atomic mass is 19.1. The van der Waals surface area contributed by atoms with E-state index in [2.05, 4.69) is 72.2 Å². The summed E-state index contributed by atoms with van der Waals surface area (Å²) >= 11 is 0. The molecule has 31 heteroatoms. The van der Waals surface area contributed by atoms with E-state index in [0.717, 1.165) is 152 Å². The Hall–Kier alpha value is -10.5. The Labute approximate surface area is 712 Å². The summed E-state index contributed by atoms with van der Waals surface area (Å²) in [4.78, 5) is 103. The van der Waals surface area contributed by atoms with E-state index < -0.39 is 23.3 Å². The molecule has 4 saturated carbocycles. The largest absolute Gasteiger partial charge is 0.481 e. The number of aliphatic imine (C=N–C) groups is 4. The van der Waals surface area contributed by atoms with Gasteiger partial charge in [-0.1, -0.05) is 39.8 Å². The number of halogens is 5. The minimum Gasteiger partial charge on any atom is -0.481 e. The van der Waals surface area contributed by atoms with Gasteiger partial charge in [-0.15, -0.1) is 0 Å². The van der Waals surface area contributed by atoms with Crippen molar-refractivity contribution in [2.75, 3.05) is 79.1 Å². The molecule has 13 heterocycles. The maximum atomic E-state index is 14.3. The number of ether oxygens (including phenoxy) is 1. The van der Waals surface area contributed by atoms with Gasteiger partial charge < -0.3 is 47.3 Å². The number of pyridine rings is 1. The molecule has 8 atom stereocenters. The van der Waals surface area contributed by atoms with Crippen molar-refractivity contribution >= 4 is 46.6 Å². The Bertz CT molecular complexity index is 5830. The molecule has 0 radical (unpaired) electrons. The van der Waals surface area contributed by atoms with Gasteiger partial charge in [-0.3, -0.25) is 57.4 Å². The Kier molecular flexibility index (Phi) is 22.9. The predicted molar refractivity (Wildman–Crippen MR) is 466 cm³/mol. The van der Waals surface area contributed by atoms with E-state index in [0.29, 0.717) is 117 Å². The van der Waals surface area contributed by atoms with Crippen molar-refractivity contribution in [2.45, 2.75) is 181 Å². The van der Waals surface area contributed by atoms with Crippen LogP contribution in [0.2, 0.25) is 0 Å². The lowest BCUT2D eigenvalue weighted by atomic mass is 9.73. The maximum Gasteiger partial charge on any atom is 0.264 e. The Morgan fingerprint density at radius 3 is 1.00 bits per heavy atom. The summed E-state index contributed by atoms with van der Waals surface area (Å²) in [7, 11) is 8.50. The molecule has 123 heavy (non-hydrogen) atoms. The molecule has 5 aromatic heterocycles. The molecule has 0 amide bonds. The Morgan fingerprint density at radius 1 is 0.366 bits per heavy atom. The maximum absolute atomic E-state index is 14.3. The van der Waals surface area contributed by atoms with Gasteiger partial charge in [0, 0.05) is 145 Å². The van der Waals surface area contributed by atoms with E-state index in [-0.39, 0.29) is 109 Å². The van der Waals surface area contributed by atoms with E-state index in [4.69, 9.17) is 47.6 Å². The minimum atomic E-state index is -0.700. The van der Waals surface area contributed by atoms with Crippen LogP contribution in [0.4, 0.5) is 45.7 Å². The molecular weight excluding hydrogens is 1570 g/mol. The van der Waals surface area contributed by atoms with Gasteiger partial charge in [0.1, 0.15) is 29.1 Å². The quantitative estimate of drug-likeness (QED) is 0.0976. The molecule has 8 aliphatic heterocycles. The molecule has 3 aromatic carbocycles. The lowest BCUT2D eigenvalue weighted by Gasteiger charge is -2.43. The normalized spacial score (nSPS) is 24.6. The van der Waals surface area contributed by atoms with Gasteiger partial charge in [-0.05, 0) is 197 Å². The number of hydrogen-bond acceptors (Lipinski definition) is 22. The first-order chi connectivity index (χ1) is 58.9. The average molecular weight is 1690 g/mol. The molecule has 0 bridgehead atoms. The molecule has 8 aromatic rings. The van der Waals surface area contributed by atoms with Crippen LogP contribution in [0.25, 0.3) is 0 Å². The predicted octanol–water partition coefficient (Wildman–Crippen LogP) is 10.00. The van der Waals surface area contributed by atoms with Gasteiger partial charge in [-0.2, -0.15) is 0 Å². The van der Waals surface area contributed by atoms with Crippen molar-refractivity contribution < 1.29 is 26.7 Å². The van der Waals surface area contributed by atoms with Crippen LogP contribution in [0.15, 0.2) is 118 Å². The van der Waals surface area contributed by atoms with Crippen LogP contribution >= 0.6 is 0 Å². The Morgan fingerprint density at radius 2 is 0.683 bits per heavy atom. The Balaban J connectivity index is 0.000000116. The standard InChI is InChI=1S/2C23H27F2N5O.C23H28FN5O.C23H30N6O2/c1-13-3-4-23(20(13)26)5-7-30(8-6-23)22-28-17-12-27-19(18(17)21(31)29(22)2)14-9-15(24)11-16(25)10-14;1-13-5-6-23(20(13)26)7-9-30(10-8-23)22-28-17-12-27-19(18(17)21(31)29(22)2)15-11-14(24)3-4-16(15)25;1-14-7-8-23(20(14)25)9-11-29(12-10-23)22-27-17-13-26-19(18(17)21(30)28(22)2)15-5-3-4-6-16(15)24;1-14-6-7-23(20(14)24)8-10-29(11-9-23)22-27-16-13-26-19(18(16)21(30)28(22)2)15-4-5-17(31-3)25-12-15/h9-11,13,20H,3-8,12,26H2,1-2H3;3-4,11,13,20H,5-10,12,26H2,1-2H3;3-6,14,20H,7-13,25H2,1-2H3;4-5,12,14,20H,6-11,13,24H2,1-3H3/t2*13-,20-;2*14-,20-/m1111/s1. The highest BCUT2D eigenvalue weighted by Crippen LogP contribution is 2.52. The number of rotatable bonds is 9. The van der Waals surface area contributed by atoms with E-state index in [1.54, 1.807) is 74.9 Å². The van der Waals surface area contributed by atoms with Crippen molar-refractivity contribution in [1.82, 2.24) is 43.2 Å². The summed E-state index contributed by atoms with van der Waals surface area (Å²) in [6.45, 7) is 16.8. The number of hydrogen-bond donors (Lipinski definition) is 4. The molecule has 20 rings (SSSR count). The topological polar surface area (TPSA) is 328 Å². The highest BCUT2D eigenvalue weighted by Gasteiger charge is 2.51. The molecule has 4 saturated heterocycles. The summed E-state index contributed by atoms with van der Waals surface area (Å²) in [6.07, 6.45) is 19.4. The van der Waals surface area contributed by atoms with E-state index in [1.165, 1.54) is 72.3 Å². The number of anilines is 4. The smallest absolute Gasteiger partial charge is 0.264 e. The summed E-state index contributed by atoms with van der Waals surface area (Å²) < 4.78 is 81.2. The fraction of sp³-hybridized carbons (Fsp3) is 0.533. The van der Waals surface area contributed by atoms with Crippen molar-refractivity contribution in [2.24, 2.45) is 116 Å². The molecule has 4 aliphatic carbocycles. The van der Waals surface area contributed by atoms with E-state index in [1.807, 2.05) is 6.07 Å². The zero-order chi connectivity index (χ0) is 86.6. The number of piperidine rings is 4. The molecule has 12 aliphatic rings. The van der Waals surface area contributed by atoms with Gasteiger partial charge in [0.2, 0.25) is 29.7 Å². The minimum absolute atomic E-state index is 0.00495. The molecule has 650 valence electrons. The monoisotopic (exact) mass is 1690 g/mol. The van der Waals surface area contributed by atoms with Gasteiger partial charge >= 0.3 is 0 Å². The first-order valence-corrected chi connectivity index (χ1v) is 43.7. The van der Waals surface area contributed by atoms with Gasteiger partial charge in [-0.25, -0.2) is 46.9 Å². The second-order valence-electron chi connectivity index (χ2n) is 37.0. The van der Waals surface area contributed by atoms with Crippen molar-refractivity contribution in [3.8, 4) is 5.88 Å². The molecule has 26 nitrogen and oxygen atoms in total. The van der Waals surface area contributed by atoms with Gasteiger partial charge in [0.25, 0.3) is 22.2 Å². The van der Waals surface area contributed by atoms with Crippen LogP contribution in [-0.4, -0.2) is 150 Å². The van der Waals surface area contributed by atoms with Crippen LogP contribution < -0.4 is 69.5 Å². The SMILES string of the molecule is COc1ccc(C2=NCc3nc(N4CCC5(CC[C@@H](C)[C@H]5N)CC4)n(C)c(=O)c32)cn1.C[C@@H]1CCC2(CCN(c3nc4c(c(=O)n3C)C(c3cc(F)cc(F)c3)=NC4)CC2)[C@@H]1N.C[C@@H]1CCC2(CCN(c3nc4c(c(=O)n3C)C(c3cc(F)ccc3F)=NC4)CC2)[C@@H]1N.C[C@@H]1CCC2(CCN(c3nc4c(c(=O)n3C)C(c3ccccc3F)=NC4)CC2)[C@@H]1N.